The molecule has 1 atom stereocenters. The molecule has 0 saturated carbocycles. The molecular formula is C15H18N2O2. The lowest BCUT2D eigenvalue weighted by Crippen LogP contribution is -2.26. The average molecular weight is 258 g/mol. The minimum atomic E-state index is -0.120. The first-order valence-corrected chi connectivity index (χ1v) is 6.20. The monoisotopic (exact) mass is 258 g/mol. The van der Waals surface area contributed by atoms with E-state index in [2.05, 4.69) is 5.32 Å². The predicted octanol–water partition coefficient (Wildman–Crippen LogP) is 2.97. The molecule has 1 unspecified atom stereocenters. The zero-order valence-corrected chi connectivity index (χ0v) is 11.4. The van der Waals surface area contributed by atoms with Gasteiger partial charge in [0.2, 0.25) is 0 Å². The molecule has 2 aromatic rings. The molecule has 0 spiro atoms. The van der Waals surface area contributed by atoms with Crippen molar-refractivity contribution in [2.75, 3.05) is 5.73 Å². The molecule has 0 aliphatic rings. The SMILES string of the molecule is Cc1cc(C(C)NC(=O)c2ccc(N)cc2)c(C)o1. The van der Waals surface area contributed by atoms with Gasteiger partial charge in [-0.15, -0.1) is 0 Å². The van der Waals surface area contributed by atoms with Crippen LogP contribution in [0.25, 0.3) is 0 Å². The molecule has 0 radical (unpaired) electrons. The minimum Gasteiger partial charge on any atom is -0.466 e. The second-order valence-corrected chi connectivity index (χ2v) is 4.69. The Labute approximate surface area is 112 Å². The Morgan fingerprint density at radius 2 is 1.89 bits per heavy atom. The summed E-state index contributed by atoms with van der Waals surface area (Å²) in [6, 6.07) is 8.71. The van der Waals surface area contributed by atoms with Gasteiger partial charge in [-0.25, -0.2) is 0 Å². The van der Waals surface area contributed by atoms with Gasteiger partial charge in [0, 0.05) is 16.8 Å². The summed E-state index contributed by atoms with van der Waals surface area (Å²) in [4.78, 5) is 12.1. The van der Waals surface area contributed by atoms with Crippen molar-refractivity contribution >= 4 is 11.6 Å². The Kier molecular flexibility index (Phi) is 3.60. The Balaban J connectivity index is 2.10. The van der Waals surface area contributed by atoms with Gasteiger partial charge in [0.15, 0.2) is 0 Å². The van der Waals surface area contributed by atoms with Crippen molar-refractivity contribution in [1.82, 2.24) is 5.32 Å². The summed E-state index contributed by atoms with van der Waals surface area (Å²) in [7, 11) is 0. The lowest BCUT2D eigenvalue weighted by Gasteiger charge is -2.13. The van der Waals surface area contributed by atoms with E-state index in [1.807, 2.05) is 26.8 Å². The number of nitrogens with two attached hydrogens (primary N) is 1. The largest absolute Gasteiger partial charge is 0.466 e. The van der Waals surface area contributed by atoms with E-state index >= 15 is 0 Å². The number of aryl methyl sites for hydroxylation is 2. The summed E-state index contributed by atoms with van der Waals surface area (Å²) >= 11 is 0. The van der Waals surface area contributed by atoms with Crippen molar-refractivity contribution in [3.05, 3.63) is 53.0 Å². The molecule has 1 amide bonds. The normalized spacial score (nSPS) is 12.2. The minimum absolute atomic E-state index is 0.0949. The van der Waals surface area contributed by atoms with Crippen LogP contribution < -0.4 is 11.1 Å². The van der Waals surface area contributed by atoms with Crippen LogP contribution in [0.2, 0.25) is 0 Å². The van der Waals surface area contributed by atoms with E-state index in [0.29, 0.717) is 11.3 Å². The third-order valence-electron chi connectivity index (χ3n) is 3.07. The maximum atomic E-state index is 12.1. The molecule has 4 nitrogen and oxygen atoms in total. The third-order valence-corrected chi connectivity index (χ3v) is 3.07. The van der Waals surface area contributed by atoms with Crippen molar-refractivity contribution in [3.63, 3.8) is 0 Å². The number of carbonyl (C=O) groups excluding carboxylic acids is 1. The van der Waals surface area contributed by atoms with Crippen LogP contribution >= 0.6 is 0 Å². The number of furan rings is 1. The van der Waals surface area contributed by atoms with Gasteiger partial charge in [-0.2, -0.15) is 0 Å². The second kappa shape index (κ2) is 5.18. The number of carbonyl (C=O) groups is 1. The van der Waals surface area contributed by atoms with E-state index in [9.17, 15) is 4.79 Å². The first-order chi connectivity index (χ1) is 8.97. The zero-order chi connectivity index (χ0) is 14.0. The van der Waals surface area contributed by atoms with Crippen molar-refractivity contribution in [1.29, 1.82) is 0 Å². The maximum Gasteiger partial charge on any atom is 0.251 e. The highest BCUT2D eigenvalue weighted by molar-refractivity contribution is 5.94. The summed E-state index contributed by atoms with van der Waals surface area (Å²) in [5, 5.41) is 2.95. The summed E-state index contributed by atoms with van der Waals surface area (Å²) in [6.07, 6.45) is 0. The highest BCUT2D eigenvalue weighted by atomic mass is 16.3. The predicted molar refractivity (Wildman–Crippen MR) is 74.9 cm³/mol. The molecule has 4 heteroatoms. The molecule has 2 rings (SSSR count). The highest BCUT2D eigenvalue weighted by Gasteiger charge is 2.15. The van der Waals surface area contributed by atoms with Crippen molar-refractivity contribution in [2.45, 2.75) is 26.8 Å². The number of hydrogen-bond donors (Lipinski definition) is 2. The molecule has 0 aliphatic heterocycles. The van der Waals surface area contributed by atoms with Crippen LogP contribution in [-0.4, -0.2) is 5.91 Å². The van der Waals surface area contributed by atoms with Crippen molar-refractivity contribution in [2.24, 2.45) is 0 Å². The molecule has 19 heavy (non-hydrogen) atoms. The molecule has 0 fully saturated rings. The Morgan fingerprint density at radius 3 is 2.42 bits per heavy atom. The van der Waals surface area contributed by atoms with Crippen molar-refractivity contribution < 1.29 is 9.21 Å². The number of anilines is 1. The van der Waals surface area contributed by atoms with E-state index in [-0.39, 0.29) is 11.9 Å². The number of benzene rings is 1. The second-order valence-electron chi connectivity index (χ2n) is 4.69. The molecule has 1 aromatic heterocycles. The van der Waals surface area contributed by atoms with Crippen LogP contribution in [0.4, 0.5) is 5.69 Å². The highest BCUT2D eigenvalue weighted by Crippen LogP contribution is 2.21. The van der Waals surface area contributed by atoms with Gasteiger partial charge in [-0.05, 0) is 51.1 Å². The molecule has 0 saturated heterocycles. The molecular weight excluding hydrogens is 240 g/mol. The Hall–Kier alpha value is -2.23. The molecule has 0 bridgehead atoms. The number of amides is 1. The Bertz CT molecular complexity index is 585. The molecule has 1 aromatic carbocycles. The van der Waals surface area contributed by atoms with E-state index in [0.717, 1.165) is 17.1 Å². The first-order valence-electron chi connectivity index (χ1n) is 6.20. The van der Waals surface area contributed by atoms with Gasteiger partial charge in [0.05, 0.1) is 6.04 Å². The maximum absolute atomic E-state index is 12.1. The van der Waals surface area contributed by atoms with Gasteiger partial charge in [-0.3, -0.25) is 4.79 Å². The molecule has 0 aliphatic carbocycles. The van der Waals surface area contributed by atoms with E-state index < -0.39 is 0 Å². The third kappa shape index (κ3) is 2.96. The molecule has 100 valence electrons. The van der Waals surface area contributed by atoms with Gasteiger partial charge in [0.25, 0.3) is 5.91 Å². The van der Waals surface area contributed by atoms with Crippen LogP contribution in [0.3, 0.4) is 0 Å². The van der Waals surface area contributed by atoms with Gasteiger partial charge < -0.3 is 15.5 Å². The summed E-state index contributed by atoms with van der Waals surface area (Å²) in [5.41, 5.74) is 7.84. The van der Waals surface area contributed by atoms with E-state index in [1.54, 1.807) is 24.3 Å². The van der Waals surface area contributed by atoms with Crippen LogP contribution in [0.1, 0.15) is 40.4 Å². The lowest BCUT2D eigenvalue weighted by molar-refractivity contribution is 0.0940. The first kappa shape index (κ1) is 13.2. The number of hydrogen-bond acceptors (Lipinski definition) is 3. The van der Waals surface area contributed by atoms with Crippen LogP contribution in [0, 0.1) is 13.8 Å². The Morgan fingerprint density at radius 1 is 1.26 bits per heavy atom. The van der Waals surface area contributed by atoms with Gasteiger partial charge in [-0.1, -0.05) is 0 Å². The summed E-state index contributed by atoms with van der Waals surface area (Å²) in [5.74, 6) is 1.56. The summed E-state index contributed by atoms with van der Waals surface area (Å²) < 4.78 is 5.47. The smallest absolute Gasteiger partial charge is 0.251 e. The average Bonchev–Trinajstić information content (AvgIpc) is 2.69. The zero-order valence-electron chi connectivity index (χ0n) is 11.4. The van der Waals surface area contributed by atoms with Crippen LogP contribution in [0.15, 0.2) is 34.7 Å². The summed E-state index contributed by atoms with van der Waals surface area (Å²) in [6.45, 7) is 5.73. The van der Waals surface area contributed by atoms with Gasteiger partial charge in [0.1, 0.15) is 11.5 Å². The fourth-order valence-electron chi connectivity index (χ4n) is 2.07. The quantitative estimate of drug-likeness (QED) is 0.832. The lowest BCUT2D eigenvalue weighted by atomic mass is 10.1. The standard InChI is InChI=1S/C15H18N2O2/c1-9-8-14(11(3)19-9)10(2)17-15(18)12-4-6-13(16)7-5-12/h4-8,10H,16H2,1-3H3,(H,17,18). The van der Waals surface area contributed by atoms with E-state index in [1.165, 1.54) is 0 Å². The molecule has 3 N–H and O–H groups in total. The van der Waals surface area contributed by atoms with Crippen LogP contribution in [-0.2, 0) is 0 Å². The van der Waals surface area contributed by atoms with Crippen molar-refractivity contribution in [3.8, 4) is 0 Å². The number of nitrogen functional groups attached to an aromatic ring is 1. The fourth-order valence-corrected chi connectivity index (χ4v) is 2.07. The topological polar surface area (TPSA) is 68.3 Å². The molecule has 1 heterocycles. The number of nitrogens with one attached hydrogen (secondary N) is 1. The van der Waals surface area contributed by atoms with E-state index in [4.69, 9.17) is 10.2 Å². The number of rotatable bonds is 3. The van der Waals surface area contributed by atoms with Crippen LogP contribution in [0.5, 0.6) is 0 Å². The van der Waals surface area contributed by atoms with Gasteiger partial charge >= 0.3 is 0 Å². The fraction of sp³-hybridized carbons (Fsp3) is 0.267.